The highest BCUT2D eigenvalue weighted by Crippen LogP contribution is 2.42. The normalized spacial score (nSPS) is 16.6. The first-order chi connectivity index (χ1) is 19.3. The molecule has 1 atom stereocenters. The van der Waals surface area contributed by atoms with Crippen molar-refractivity contribution in [3.8, 4) is 28.7 Å². The number of Topliss-reactive ketones (excluding diaryl/α,β-unsaturated/α-hetero) is 1. The van der Waals surface area contributed by atoms with Gasteiger partial charge in [-0.3, -0.25) is 9.59 Å². The van der Waals surface area contributed by atoms with Gasteiger partial charge in [0.15, 0.2) is 23.9 Å². The van der Waals surface area contributed by atoms with Crippen molar-refractivity contribution in [2.75, 3.05) is 27.9 Å². The number of hydrogen-bond donors (Lipinski definition) is 1. The average Bonchev–Trinajstić information content (AvgIpc) is 3.28. The summed E-state index contributed by atoms with van der Waals surface area (Å²) in [5, 5.41) is 9.71. The summed E-state index contributed by atoms with van der Waals surface area (Å²) in [6, 6.07) is 14.5. The second kappa shape index (κ2) is 11.0. The zero-order valence-electron chi connectivity index (χ0n) is 22.1. The fourth-order valence-corrected chi connectivity index (χ4v) is 4.87. The molecule has 2 aliphatic heterocycles. The number of methoxy groups -OCH3 is 3. The van der Waals surface area contributed by atoms with E-state index in [9.17, 15) is 19.5 Å². The summed E-state index contributed by atoms with van der Waals surface area (Å²) in [5.41, 5.74) is 2.70. The molecule has 0 radical (unpaired) electrons. The van der Waals surface area contributed by atoms with Crippen LogP contribution in [0.1, 0.15) is 27.0 Å². The summed E-state index contributed by atoms with van der Waals surface area (Å²) in [5.74, 6) is 0.0246. The third kappa shape index (κ3) is 4.91. The maximum Gasteiger partial charge on any atom is 0.326 e. The van der Waals surface area contributed by atoms with Crippen molar-refractivity contribution >= 4 is 23.7 Å². The van der Waals surface area contributed by atoms with Crippen molar-refractivity contribution in [2.24, 2.45) is 0 Å². The van der Waals surface area contributed by atoms with E-state index in [1.54, 1.807) is 30.3 Å². The van der Waals surface area contributed by atoms with E-state index in [-0.39, 0.29) is 36.9 Å². The van der Waals surface area contributed by atoms with Gasteiger partial charge in [-0.2, -0.15) is 0 Å². The number of nitrogens with zero attached hydrogens (tertiary/aromatic N) is 1. The molecule has 0 bridgehead atoms. The molecule has 2 heterocycles. The van der Waals surface area contributed by atoms with Gasteiger partial charge in [-0.25, -0.2) is 4.79 Å². The highest BCUT2D eigenvalue weighted by atomic mass is 16.5. The predicted molar refractivity (Wildman–Crippen MR) is 143 cm³/mol. The van der Waals surface area contributed by atoms with Crippen molar-refractivity contribution in [3.63, 3.8) is 0 Å². The smallest absolute Gasteiger partial charge is 0.326 e. The van der Waals surface area contributed by atoms with Crippen LogP contribution in [-0.4, -0.2) is 61.6 Å². The zero-order valence-corrected chi connectivity index (χ0v) is 22.1. The molecule has 206 valence electrons. The van der Waals surface area contributed by atoms with Crippen molar-refractivity contribution < 1.29 is 43.2 Å². The molecule has 40 heavy (non-hydrogen) atoms. The molecule has 0 fully saturated rings. The SMILES string of the molecule is COc1ccc(C=C2Oc3cc(OCC(=O)N4Cc5ccccc5CC4C(=O)O)ccc3C2=O)c(OC)c1OC. The summed E-state index contributed by atoms with van der Waals surface area (Å²) in [6.45, 7) is -0.185. The molecule has 0 aliphatic carbocycles. The maximum absolute atomic E-state index is 13.0. The van der Waals surface area contributed by atoms with Gasteiger partial charge in [0.25, 0.3) is 5.91 Å². The van der Waals surface area contributed by atoms with Crippen LogP contribution in [0.25, 0.3) is 6.08 Å². The monoisotopic (exact) mass is 545 g/mol. The fraction of sp³-hybridized carbons (Fsp3) is 0.233. The van der Waals surface area contributed by atoms with Crippen molar-refractivity contribution in [1.29, 1.82) is 0 Å². The summed E-state index contributed by atoms with van der Waals surface area (Å²) >= 11 is 0. The number of aliphatic carboxylic acids is 1. The van der Waals surface area contributed by atoms with E-state index in [1.165, 1.54) is 32.3 Å². The third-order valence-electron chi connectivity index (χ3n) is 6.88. The molecular formula is C30H27NO9. The van der Waals surface area contributed by atoms with E-state index in [1.807, 2.05) is 24.3 Å². The molecule has 2 aliphatic rings. The van der Waals surface area contributed by atoms with Gasteiger partial charge in [-0.1, -0.05) is 24.3 Å². The van der Waals surface area contributed by atoms with Crippen LogP contribution in [0.4, 0.5) is 0 Å². The Bertz CT molecular complexity index is 1530. The fourth-order valence-electron chi connectivity index (χ4n) is 4.87. The molecule has 0 saturated heterocycles. The summed E-state index contributed by atoms with van der Waals surface area (Å²) < 4.78 is 27.7. The molecule has 5 rings (SSSR count). The van der Waals surface area contributed by atoms with Gasteiger partial charge in [0.1, 0.15) is 17.5 Å². The highest BCUT2D eigenvalue weighted by molar-refractivity contribution is 6.14. The number of ether oxygens (including phenoxy) is 5. The minimum absolute atomic E-state index is 0.0741. The topological polar surface area (TPSA) is 121 Å². The van der Waals surface area contributed by atoms with Gasteiger partial charge in [-0.05, 0) is 41.5 Å². The van der Waals surface area contributed by atoms with Gasteiger partial charge >= 0.3 is 5.97 Å². The molecule has 0 spiro atoms. The van der Waals surface area contributed by atoms with Crippen LogP contribution in [0, 0.1) is 0 Å². The predicted octanol–water partition coefficient (Wildman–Crippen LogP) is 3.75. The number of carboxylic acids is 1. The lowest BCUT2D eigenvalue weighted by molar-refractivity contribution is -0.152. The first-order valence-electron chi connectivity index (χ1n) is 12.4. The van der Waals surface area contributed by atoms with Crippen molar-refractivity contribution in [3.05, 3.63) is 82.6 Å². The number of carbonyl (C=O) groups is 3. The van der Waals surface area contributed by atoms with E-state index in [0.29, 0.717) is 34.1 Å². The number of hydrogen-bond acceptors (Lipinski definition) is 8. The van der Waals surface area contributed by atoms with E-state index < -0.39 is 17.9 Å². The van der Waals surface area contributed by atoms with Crippen LogP contribution < -0.4 is 23.7 Å². The average molecular weight is 546 g/mol. The summed E-state index contributed by atoms with van der Waals surface area (Å²) in [7, 11) is 4.49. The number of carboxylic acid groups (broad SMARTS) is 1. The lowest BCUT2D eigenvalue weighted by Crippen LogP contribution is -2.50. The second-order valence-electron chi connectivity index (χ2n) is 9.16. The van der Waals surface area contributed by atoms with Crippen LogP contribution in [0.3, 0.4) is 0 Å². The molecule has 0 aromatic heterocycles. The standard InChI is InChI=1S/C30H27NO9/c1-36-23-11-8-18(28(37-2)29(23)38-3)13-25-27(33)21-10-9-20(14-24(21)40-25)39-16-26(32)31-15-19-7-5-4-6-17(19)12-22(31)30(34)35/h4-11,13-14,22H,12,15-16H2,1-3H3,(H,34,35). The van der Waals surface area contributed by atoms with Gasteiger partial charge in [0.2, 0.25) is 11.5 Å². The number of allylic oxidation sites excluding steroid dienone is 1. The van der Waals surface area contributed by atoms with Gasteiger partial charge in [-0.15, -0.1) is 0 Å². The molecule has 1 amide bonds. The van der Waals surface area contributed by atoms with Gasteiger partial charge in [0.05, 0.1) is 26.9 Å². The number of benzene rings is 3. The van der Waals surface area contributed by atoms with Crippen LogP contribution in [-0.2, 0) is 22.6 Å². The number of amides is 1. The van der Waals surface area contributed by atoms with Crippen molar-refractivity contribution in [2.45, 2.75) is 19.0 Å². The van der Waals surface area contributed by atoms with Crippen LogP contribution in [0.2, 0.25) is 0 Å². The minimum Gasteiger partial charge on any atom is -0.493 e. The maximum atomic E-state index is 13.0. The Morgan fingerprint density at radius 3 is 2.45 bits per heavy atom. The summed E-state index contributed by atoms with van der Waals surface area (Å²) in [6.07, 6.45) is 1.78. The Balaban J connectivity index is 1.31. The van der Waals surface area contributed by atoms with Crippen LogP contribution in [0.15, 0.2) is 60.4 Å². The van der Waals surface area contributed by atoms with Crippen molar-refractivity contribution in [1.82, 2.24) is 4.90 Å². The van der Waals surface area contributed by atoms with Gasteiger partial charge in [0, 0.05) is 24.6 Å². The molecule has 0 saturated carbocycles. The number of fused-ring (bicyclic) bond motifs is 2. The Morgan fingerprint density at radius 1 is 1.00 bits per heavy atom. The van der Waals surface area contributed by atoms with Gasteiger partial charge < -0.3 is 33.7 Å². The third-order valence-corrected chi connectivity index (χ3v) is 6.88. The number of ketones is 1. The molecule has 1 unspecified atom stereocenters. The molecule has 3 aromatic carbocycles. The highest BCUT2D eigenvalue weighted by Gasteiger charge is 2.35. The molecule has 10 heteroatoms. The van der Waals surface area contributed by atoms with E-state index in [4.69, 9.17) is 23.7 Å². The van der Waals surface area contributed by atoms with E-state index >= 15 is 0 Å². The lowest BCUT2D eigenvalue weighted by atomic mass is 9.94. The molecule has 1 N–H and O–H groups in total. The Kier molecular flexibility index (Phi) is 7.33. The zero-order chi connectivity index (χ0) is 28.4. The number of rotatable bonds is 8. The second-order valence-corrected chi connectivity index (χ2v) is 9.16. The Morgan fingerprint density at radius 2 is 1.75 bits per heavy atom. The quantitative estimate of drug-likeness (QED) is 0.422. The molecule has 3 aromatic rings. The Hall–Kier alpha value is -4.99. The van der Waals surface area contributed by atoms with Crippen LogP contribution in [0.5, 0.6) is 28.7 Å². The summed E-state index contributed by atoms with van der Waals surface area (Å²) in [4.78, 5) is 39.2. The van der Waals surface area contributed by atoms with E-state index in [2.05, 4.69) is 0 Å². The Labute approximate surface area is 230 Å². The lowest BCUT2D eigenvalue weighted by Gasteiger charge is -2.34. The molecular weight excluding hydrogens is 518 g/mol. The minimum atomic E-state index is -1.07. The first kappa shape index (κ1) is 26.6. The first-order valence-corrected chi connectivity index (χ1v) is 12.4. The van der Waals surface area contributed by atoms with Crippen LogP contribution >= 0.6 is 0 Å². The number of carbonyl (C=O) groups excluding carboxylic acids is 2. The van der Waals surface area contributed by atoms with E-state index in [0.717, 1.165) is 11.1 Å². The largest absolute Gasteiger partial charge is 0.493 e. The molecule has 10 nitrogen and oxygen atoms in total.